The Bertz CT molecular complexity index is 525. The predicted octanol–water partition coefficient (Wildman–Crippen LogP) is 2.59. The maximum absolute atomic E-state index is 12.1. The van der Waals surface area contributed by atoms with Crippen LogP contribution in [0.5, 0.6) is 0 Å². The Morgan fingerprint density at radius 1 is 1.15 bits per heavy atom. The number of rotatable bonds is 4. The number of halogens is 3. The van der Waals surface area contributed by atoms with Crippen LogP contribution in [0.25, 0.3) is 0 Å². The van der Waals surface area contributed by atoms with E-state index in [0.717, 1.165) is 25.9 Å². The maximum atomic E-state index is 12.1. The van der Waals surface area contributed by atoms with E-state index in [1.54, 1.807) is 18.2 Å². The fourth-order valence-corrected chi connectivity index (χ4v) is 4.15. The quantitative estimate of drug-likeness (QED) is 0.869. The van der Waals surface area contributed by atoms with Crippen LogP contribution in [0.1, 0.15) is 18.4 Å². The molecular weight excluding hydrogens is 343 g/mol. The van der Waals surface area contributed by atoms with Gasteiger partial charge in [0.15, 0.2) is 0 Å². The molecule has 0 bridgehead atoms. The number of benzene rings is 1. The summed E-state index contributed by atoms with van der Waals surface area (Å²) in [6.07, 6.45) is 1.63. The van der Waals surface area contributed by atoms with E-state index in [1.165, 1.54) is 0 Å². The summed E-state index contributed by atoms with van der Waals surface area (Å²) in [4.78, 5) is 0. The molecule has 0 spiro atoms. The van der Waals surface area contributed by atoms with Gasteiger partial charge in [-0.25, -0.2) is 13.1 Å². The lowest BCUT2D eigenvalue weighted by Crippen LogP contribution is -2.43. The molecule has 0 aromatic heterocycles. The lowest BCUT2D eigenvalue weighted by molar-refractivity contribution is 0.427. The fraction of sp³-hybridized carbons (Fsp3) is 0.500. The molecule has 0 amide bonds. The van der Waals surface area contributed by atoms with E-state index in [0.29, 0.717) is 15.6 Å². The van der Waals surface area contributed by atoms with Gasteiger partial charge in [0.2, 0.25) is 10.0 Å². The Morgan fingerprint density at radius 3 is 2.25 bits per heavy atom. The summed E-state index contributed by atoms with van der Waals surface area (Å²) in [6, 6.07) is 4.84. The lowest BCUT2D eigenvalue weighted by atomic mass is 10.1. The molecule has 1 aliphatic rings. The van der Waals surface area contributed by atoms with Crippen LogP contribution in [-0.4, -0.2) is 27.5 Å². The maximum Gasteiger partial charge on any atom is 0.216 e. The second kappa shape index (κ2) is 7.82. The minimum Gasteiger partial charge on any atom is -0.317 e. The van der Waals surface area contributed by atoms with E-state index in [9.17, 15) is 8.42 Å². The highest BCUT2D eigenvalue weighted by Gasteiger charge is 2.20. The molecule has 0 unspecified atom stereocenters. The molecule has 1 saturated heterocycles. The van der Waals surface area contributed by atoms with Crippen LogP contribution in [0.2, 0.25) is 10.0 Å². The van der Waals surface area contributed by atoms with Crippen LogP contribution >= 0.6 is 35.6 Å². The van der Waals surface area contributed by atoms with Crippen LogP contribution in [-0.2, 0) is 15.8 Å². The topological polar surface area (TPSA) is 58.2 Å². The Labute approximate surface area is 135 Å². The molecule has 0 saturated carbocycles. The number of sulfonamides is 1. The van der Waals surface area contributed by atoms with Crippen molar-refractivity contribution in [2.75, 3.05) is 13.1 Å². The largest absolute Gasteiger partial charge is 0.317 e. The van der Waals surface area contributed by atoms with E-state index in [4.69, 9.17) is 23.2 Å². The summed E-state index contributed by atoms with van der Waals surface area (Å²) in [5, 5.41) is 4.08. The van der Waals surface area contributed by atoms with Crippen LogP contribution < -0.4 is 10.0 Å². The molecule has 1 aromatic carbocycles. The van der Waals surface area contributed by atoms with Crippen molar-refractivity contribution >= 4 is 45.6 Å². The minimum atomic E-state index is -3.36. The first-order chi connectivity index (χ1) is 8.94. The van der Waals surface area contributed by atoms with Crippen molar-refractivity contribution in [3.05, 3.63) is 33.8 Å². The fourth-order valence-electron chi connectivity index (χ4n) is 2.15. The second-order valence-electron chi connectivity index (χ2n) is 4.68. The first-order valence-corrected chi connectivity index (χ1v) is 8.51. The smallest absolute Gasteiger partial charge is 0.216 e. The number of hydrogen-bond acceptors (Lipinski definition) is 3. The molecule has 4 nitrogen and oxygen atoms in total. The third kappa shape index (κ3) is 5.76. The minimum absolute atomic E-state index is 0. The van der Waals surface area contributed by atoms with Gasteiger partial charge < -0.3 is 5.32 Å². The SMILES string of the molecule is Cl.O=S(=O)(Cc1cc(Cl)cc(Cl)c1)NC1CCNCC1. The molecule has 2 rings (SSSR count). The van der Waals surface area contributed by atoms with E-state index in [2.05, 4.69) is 10.0 Å². The van der Waals surface area contributed by atoms with Crippen molar-refractivity contribution in [2.45, 2.75) is 24.6 Å². The Kier molecular flexibility index (Phi) is 7.04. The van der Waals surface area contributed by atoms with Gasteiger partial charge in [-0.2, -0.15) is 0 Å². The molecule has 1 aliphatic heterocycles. The van der Waals surface area contributed by atoms with Crippen LogP contribution in [0.3, 0.4) is 0 Å². The molecular formula is C12H17Cl3N2O2S. The molecule has 1 fully saturated rings. The highest BCUT2D eigenvalue weighted by molar-refractivity contribution is 7.88. The van der Waals surface area contributed by atoms with Crippen molar-refractivity contribution < 1.29 is 8.42 Å². The van der Waals surface area contributed by atoms with Gasteiger partial charge in [-0.1, -0.05) is 23.2 Å². The predicted molar refractivity (Wildman–Crippen MR) is 85.4 cm³/mol. The van der Waals surface area contributed by atoms with Crippen LogP contribution in [0.15, 0.2) is 18.2 Å². The standard InChI is InChI=1S/C12H16Cl2N2O2S.ClH/c13-10-5-9(6-11(14)7-10)8-19(17,18)16-12-1-3-15-4-2-12;/h5-7,12,15-16H,1-4,8H2;1H. The van der Waals surface area contributed by atoms with Gasteiger partial charge in [-0.05, 0) is 49.7 Å². The van der Waals surface area contributed by atoms with Gasteiger partial charge in [0, 0.05) is 16.1 Å². The highest BCUT2D eigenvalue weighted by Crippen LogP contribution is 2.20. The van der Waals surface area contributed by atoms with Gasteiger partial charge in [-0.15, -0.1) is 12.4 Å². The molecule has 20 heavy (non-hydrogen) atoms. The first-order valence-electron chi connectivity index (χ1n) is 6.10. The van der Waals surface area contributed by atoms with Crippen molar-refractivity contribution in [3.8, 4) is 0 Å². The zero-order chi connectivity index (χ0) is 13.9. The number of nitrogens with one attached hydrogen (secondary N) is 2. The molecule has 0 radical (unpaired) electrons. The average Bonchev–Trinajstić information content (AvgIpc) is 2.27. The van der Waals surface area contributed by atoms with E-state index in [1.807, 2.05) is 0 Å². The van der Waals surface area contributed by atoms with Gasteiger partial charge in [0.05, 0.1) is 5.75 Å². The Morgan fingerprint density at radius 2 is 1.70 bits per heavy atom. The summed E-state index contributed by atoms with van der Waals surface area (Å²) in [5.41, 5.74) is 0.596. The molecule has 2 N–H and O–H groups in total. The van der Waals surface area contributed by atoms with Crippen LogP contribution in [0.4, 0.5) is 0 Å². The highest BCUT2D eigenvalue weighted by atomic mass is 35.5. The average molecular weight is 360 g/mol. The zero-order valence-electron chi connectivity index (χ0n) is 10.7. The molecule has 8 heteroatoms. The number of hydrogen-bond donors (Lipinski definition) is 2. The van der Waals surface area contributed by atoms with E-state index < -0.39 is 10.0 Å². The molecule has 1 aromatic rings. The summed E-state index contributed by atoms with van der Waals surface area (Å²) < 4.78 is 26.9. The van der Waals surface area contributed by atoms with Gasteiger partial charge >= 0.3 is 0 Å². The number of piperidine rings is 1. The van der Waals surface area contributed by atoms with Crippen molar-refractivity contribution in [2.24, 2.45) is 0 Å². The molecule has 0 aliphatic carbocycles. The molecule has 0 atom stereocenters. The van der Waals surface area contributed by atoms with Crippen LogP contribution in [0, 0.1) is 0 Å². The van der Waals surface area contributed by atoms with Crippen molar-refractivity contribution in [1.29, 1.82) is 0 Å². The third-order valence-electron chi connectivity index (χ3n) is 2.96. The third-order valence-corrected chi connectivity index (χ3v) is 4.81. The summed E-state index contributed by atoms with van der Waals surface area (Å²) >= 11 is 11.7. The second-order valence-corrected chi connectivity index (χ2v) is 7.31. The van der Waals surface area contributed by atoms with Crippen molar-refractivity contribution in [3.63, 3.8) is 0 Å². The first kappa shape index (κ1) is 18.0. The molecule has 114 valence electrons. The lowest BCUT2D eigenvalue weighted by Gasteiger charge is -2.23. The zero-order valence-corrected chi connectivity index (χ0v) is 13.9. The van der Waals surface area contributed by atoms with Gasteiger partial charge in [0.1, 0.15) is 0 Å². The summed E-state index contributed by atoms with van der Waals surface area (Å²) in [6.45, 7) is 1.69. The van der Waals surface area contributed by atoms with E-state index in [-0.39, 0.29) is 24.2 Å². The summed E-state index contributed by atoms with van der Waals surface area (Å²) in [7, 11) is -3.36. The Hall–Kier alpha value is -0.0400. The van der Waals surface area contributed by atoms with E-state index >= 15 is 0 Å². The Balaban J connectivity index is 0.00000200. The normalized spacial score (nSPS) is 16.7. The molecule has 1 heterocycles. The van der Waals surface area contributed by atoms with Gasteiger partial charge in [0.25, 0.3) is 0 Å². The van der Waals surface area contributed by atoms with Gasteiger partial charge in [-0.3, -0.25) is 0 Å². The summed E-state index contributed by atoms with van der Waals surface area (Å²) in [5.74, 6) is -0.1000. The monoisotopic (exact) mass is 358 g/mol. The van der Waals surface area contributed by atoms with Crippen molar-refractivity contribution in [1.82, 2.24) is 10.0 Å².